The topological polar surface area (TPSA) is 82.2 Å². The van der Waals surface area contributed by atoms with E-state index >= 15 is 0 Å². The Kier molecular flexibility index (Phi) is 5.68. The van der Waals surface area contributed by atoms with Gasteiger partial charge in [-0.2, -0.15) is 5.10 Å². The van der Waals surface area contributed by atoms with E-state index in [0.29, 0.717) is 37.3 Å². The third kappa shape index (κ3) is 4.39. The number of hydrogen-bond donors (Lipinski definition) is 1. The molecule has 0 aliphatic carbocycles. The van der Waals surface area contributed by atoms with E-state index < -0.39 is 0 Å². The number of carbonyl (C=O) groups is 2. The zero-order chi connectivity index (χ0) is 22.6. The van der Waals surface area contributed by atoms with Gasteiger partial charge in [-0.25, -0.2) is 0 Å². The molecule has 0 spiro atoms. The maximum atomic E-state index is 12.9. The van der Waals surface area contributed by atoms with Crippen molar-refractivity contribution in [2.24, 2.45) is 0 Å². The predicted octanol–water partition coefficient (Wildman–Crippen LogP) is 3.73. The van der Waals surface area contributed by atoms with Crippen molar-refractivity contribution in [3.05, 3.63) is 95.4 Å². The number of benzene rings is 2. The fraction of sp³-hybridized carbons (Fsp3) is 0.154. The largest absolute Gasteiger partial charge is 0.335 e. The highest BCUT2D eigenvalue weighted by Crippen LogP contribution is 2.18. The van der Waals surface area contributed by atoms with Crippen molar-refractivity contribution < 1.29 is 9.59 Å². The number of nitrogens with one attached hydrogen (secondary N) is 1. The van der Waals surface area contributed by atoms with Gasteiger partial charge in [0.25, 0.3) is 11.8 Å². The first-order valence-electron chi connectivity index (χ1n) is 10.9. The van der Waals surface area contributed by atoms with Crippen LogP contribution in [0.1, 0.15) is 32.0 Å². The van der Waals surface area contributed by atoms with Gasteiger partial charge in [-0.15, -0.1) is 0 Å². The summed E-state index contributed by atoms with van der Waals surface area (Å²) in [5.74, 6) is -0.0369. The molecule has 5 rings (SSSR count). The SMILES string of the molecule is O=C(c1ccncc1)N1CCN(C(=O)c2ccc(C=Cc3n[nH]c4ccccc34)cc2)CC1. The average Bonchev–Trinajstić information content (AvgIpc) is 3.31. The third-order valence-electron chi connectivity index (χ3n) is 5.87. The zero-order valence-corrected chi connectivity index (χ0v) is 18.0. The van der Waals surface area contributed by atoms with Crippen molar-refractivity contribution in [1.29, 1.82) is 0 Å². The van der Waals surface area contributed by atoms with Crippen molar-refractivity contribution >= 4 is 34.9 Å². The Bertz CT molecular complexity index is 1300. The molecule has 2 amide bonds. The van der Waals surface area contributed by atoms with E-state index in [0.717, 1.165) is 22.2 Å². The maximum absolute atomic E-state index is 12.9. The van der Waals surface area contributed by atoms with Crippen molar-refractivity contribution in [2.45, 2.75) is 0 Å². The van der Waals surface area contributed by atoms with Crippen molar-refractivity contribution in [2.75, 3.05) is 26.2 Å². The van der Waals surface area contributed by atoms with Crippen molar-refractivity contribution in [3.8, 4) is 0 Å². The quantitative estimate of drug-likeness (QED) is 0.528. The lowest BCUT2D eigenvalue weighted by Gasteiger charge is -2.34. The van der Waals surface area contributed by atoms with E-state index in [1.165, 1.54) is 0 Å². The molecule has 0 bridgehead atoms. The maximum Gasteiger partial charge on any atom is 0.254 e. The minimum Gasteiger partial charge on any atom is -0.335 e. The van der Waals surface area contributed by atoms with E-state index in [-0.39, 0.29) is 11.8 Å². The molecular formula is C26H23N5O2. The van der Waals surface area contributed by atoms with Crippen LogP contribution in [0.15, 0.2) is 73.1 Å². The van der Waals surface area contributed by atoms with Gasteiger partial charge in [-0.05, 0) is 42.0 Å². The van der Waals surface area contributed by atoms with Crippen LogP contribution >= 0.6 is 0 Å². The van der Waals surface area contributed by atoms with Crippen LogP contribution in [0.3, 0.4) is 0 Å². The number of aromatic nitrogens is 3. The molecule has 7 heteroatoms. The summed E-state index contributed by atoms with van der Waals surface area (Å²) < 4.78 is 0. The van der Waals surface area contributed by atoms with Gasteiger partial charge < -0.3 is 9.80 Å². The molecule has 7 nitrogen and oxygen atoms in total. The third-order valence-corrected chi connectivity index (χ3v) is 5.87. The second-order valence-electron chi connectivity index (χ2n) is 7.93. The fourth-order valence-electron chi connectivity index (χ4n) is 4.00. The Labute approximate surface area is 191 Å². The van der Waals surface area contributed by atoms with Gasteiger partial charge in [0.15, 0.2) is 0 Å². The van der Waals surface area contributed by atoms with E-state index in [2.05, 4.69) is 15.2 Å². The molecule has 2 aromatic heterocycles. The number of piperazine rings is 1. The van der Waals surface area contributed by atoms with E-state index in [9.17, 15) is 9.59 Å². The predicted molar refractivity (Wildman–Crippen MR) is 128 cm³/mol. The first-order valence-corrected chi connectivity index (χ1v) is 10.9. The molecular weight excluding hydrogens is 414 g/mol. The van der Waals surface area contributed by atoms with Gasteiger partial charge in [0.2, 0.25) is 0 Å². The molecule has 1 saturated heterocycles. The lowest BCUT2D eigenvalue weighted by molar-refractivity contribution is 0.0535. The minimum atomic E-state index is -0.0228. The van der Waals surface area contributed by atoms with E-state index in [1.807, 2.05) is 60.7 Å². The molecule has 4 aromatic rings. The number of para-hydroxylation sites is 1. The van der Waals surface area contributed by atoms with Crippen LogP contribution in [0.2, 0.25) is 0 Å². The normalized spacial score (nSPS) is 14.2. The van der Waals surface area contributed by atoms with Crippen molar-refractivity contribution in [1.82, 2.24) is 25.0 Å². The molecule has 33 heavy (non-hydrogen) atoms. The van der Waals surface area contributed by atoms with Gasteiger partial charge in [-0.3, -0.25) is 19.7 Å². The minimum absolute atomic E-state index is 0.0140. The molecule has 2 aromatic carbocycles. The summed E-state index contributed by atoms with van der Waals surface area (Å²) >= 11 is 0. The van der Waals surface area contributed by atoms with Crippen LogP contribution < -0.4 is 0 Å². The van der Waals surface area contributed by atoms with Crippen LogP contribution in [-0.4, -0.2) is 63.0 Å². The number of amides is 2. The number of fused-ring (bicyclic) bond motifs is 1. The second kappa shape index (κ2) is 9.08. The van der Waals surface area contributed by atoms with Gasteiger partial charge in [0.05, 0.1) is 11.2 Å². The molecule has 164 valence electrons. The number of H-pyrrole nitrogens is 1. The van der Waals surface area contributed by atoms with Crippen LogP contribution in [-0.2, 0) is 0 Å². The molecule has 0 saturated carbocycles. The standard InChI is InChI=1S/C26H23N5O2/c32-25(30-15-17-31(18-16-30)26(33)21-11-13-27-14-12-21)20-8-5-19(6-9-20)7-10-24-22-3-1-2-4-23(22)28-29-24/h1-14H,15-18H2,(H,28,29). The monoisotopic (exact) mass is 437 g/mol. The highest BCUT2D eigenvalue weighted by molar-refractivity contribution is 5.96. The van der Waals surface area contributed by atoms with Gasteiger partial charge in [-0.1, -0.05) is 36.4 Å². The molecule has 0 unspecified atom stereocenters. The van der Waals surface area contributed by atoms with E-state index in [4.69, 9.17) is 0 Å². The number of rotatable bonds is 4. The van der Waals surface area contributed by atoms with Gasteiger partial charge in [0, 0.05) is 55.1 Å². The first-order chi connectivity index (χ1) is 16.2. The summed E-state index contributed by atoms with van der Waals surface area (Å²) in [6.07, 6.45) is 7.18. The number of carbonyl (C=O) groups excluding carboxylic acids is 2. The molecule has 1 fully saturated rings. The van der Waals surface area contributed by atoms with Crippen LogP contribution in [0.25, 0.3) is 23.1 Å². The summed E-state index contributed by atoms with van der Waals surface area (Å²) in [6, 6.07) is 19.0. The molecule has 1 aliphatic heterocycles. The van der Waals surface area contributed by atoms with Crippen LogP contribution in [0, 0.1) is 0 Å². The summed E-state index contributed by atoms with van der Waals surface area (Å²) in [6.45, 7) is 2.07. The Hall–Kier alpha value is -4.26. The van der Waals surface area contributed by atoms with E-state index in [1.54, 1.807) is 34.3 Å². The second-order valence-corrected chi connectivity index (χ2v) is 7.93. The number of pyridine rings is 1. The highest BCUT2D eigenvalue weighted by Gasteiger charge is 2.25. The summed E-state index contributed by atoms with van der Waals surface area (Å²) in [5, 5.41) is 8.45. The van der Waals surface area contributed by atoms with Crippen molar-refractivity contribution in [3.63, 3.8) is 0 Å². The molecule has 0 atom stereocenters. The Balaban J connectivity index is 1.20. The zero-order valence-electron chi connectivity index (χ0n) is 18.0. The fourth-order valence-corrected chi connectivity index (χ4v) is 4.00. The number of nitrogens with zero attached hydrogens (tertiary/aromatic N) is 4. The lowest BCUT2D eigenvalue weighted by atomic mass is 10.1. The number of aromatic amines is 1. The van der Waals surface area contributed by atoms with Crippen LogP contribution in [0.4, 0.5) is 0 Å². The Morgan fingerprint density at radius 3 is 2.03 bits per heavy atom. The molecule has 3 heterocycles. The summed E-state index contributed by atoms with van der Waals surface area (Å²) in [5.41, 5.74) is 4.14. The summed E-state index contributed by atoms with van der Waals surface area (Å²) in [7, 11) is 0. The van der Waals surface area contributed by atoms with Crippen LogP contribution in [0.5, 0.6) is 0 Å². The molecule has 1 N–H and O–H groups in total. The number of hydrogen-bond acceptors (Lipinski definition) is 4. The van der Waals surface area contributed by atoms with Gasteiger partial charge >= 0.3 is 0 Å². The average molecular weight is 438 g/mol. The lowest BCUT2D eigenvalue weighted by Crippen LogP contribution is -2.50. The summed E-state index contributed by atoms with van der Waals surface area (Å²) in [4.78, 5) is 33.1. The Morgan fingerprint density at radius 1 is 0.758 bits per heavy atom. The first kappa shape index (κ1) is 20.6. The molecule has 0 radical (unpaired) electrons. The highest BCUT2D eigenvalue weighted by atomic mass is 16.2. The van der Waals surface area contributed by atoms with Gasteiger partial charge in [0.1, 0.15) is 0 Å². The smallest absolute Gasteiger partial charge is 0.254 e. The Morgan fingerprint density at radius 2 is 1.36 bits per heavy atom. The molecule has 1 aliphatic rings.